The molecule has 0 aromatic carbocycles. The summed E-state index contributed by atoms with van der Waals surface area (Å²) in [4.78, 5) is 4.24. The van der Waals surface area contributed by atoms with Crippen LogP contribution in [0.15, 0.2) is 4.99 Å². The number of hydrogen-bond donors (Lipinski definition) is 2. The second-order valence-corrected chi connectivity index (χ2v) is 7.99. The lowest BCUT2D eigenvalue weighted by Gasteiger charge is -2.24. The highest BCUT2D eigenvalue weighted by Crippen LogP contribution is 2.20. The maximum atomic E-state index is 4.24. The Hall–Kier alpha value is -0.380. The average Bonchev–Trinajstić information content (AvgIpc) is 2.27. The summed E-state index contributed by atoms with van der Waals surface area (Å²) in [5.74, 6) is 0.908. The Balaban J connectivity index is 3.86. The van der Waals surface area contributed by atoms with Gasteiger partial charge in [0.2, 0.25) is 0 Å². The summed E-state index contributed by atoms with van der Waals surface area (Å²) >= 11 is 1.87. The van der Waals surface area contributed by atoms with Crippen LogP contribution in [0.2, 0.25) is 0 Å². The van der Waals surface area contributed by atoms with E-state index in [1.807, 2.05) is 18.8 Å². The number of hydrogen-bond acceptors (Lipinski definition) is 2. The van der Waals surface area contributed by atoms with Gasteiger partial charge in [-0.3, -0.25) is 4.99 Å². The molecule has 0 aliphatic carbocycles. The van der Waals surface area contributed by atoms with Gasteiger partial charge < -0.3 is 10.6 Å². The van der Waals surface area contributed by atoms with E-state index in [0.29, 0.717) is 5.41 Å². The molecule has 18 heavy (non-hydrogen) atoms. The Morgan fingerprint density at radius 1 is 1.11 bits per heavy atom. The van der Waals surface area contributed by atoms with Gasteiger partial charge in [-0.25, -0.2) is 0 Å². The number of guanidine groups is 1. The molecule has 0 bridgehead atoms. The summed E-state index contributed by atoms with van der Waals surface area (Å²) in [6, 6.07) is 0. The Morgan fingerprint density at radius 3 is 2.17 bits per heavy atom. The van der Waals surface area contributed by atoms with Crippen LogP contribution in [0.5, 0.6) is 0 Å². The van der Waals surface area contributed by atoms with Crippen molar-refractivity contribution in [2.24, 2.45) is 10.4 Å². The minimum absolute atomic E-state index is 0.239. The fourth-order valence-electron chi connectivity index (χ4n) is 1.41. The second kappa shape index (κ2) is 7.93. The van der Waals surface area contributed by atoms with Gasteiger partial charge in [0.25, 0.3) is 0 Å². The molecule has 3 nitrogen and oxygen atoms in total. The first-order chi connectivity index (χ1) is 8.20. The number of aliphatic imine (C=N–C) groups is 1. The molecule has 0 spiro atoms. The van der Waals surface area contributed by atoms with Crippen molar-refractivity contribution in [1.82, 2.24) is 10.6 Å². The highest BCUT2D eigenvalue weighted by molar-refractivity contribution is 7.99. The van der Waals surface area contributed by atoms with Gasteiger partial charge in [-0.2, -0.15) is 11.8 Å². The fourth-order valence-corrected chi connectivity index (χ4v) is 1.63. The van der Waals surface area contributed by atoms with E-state index in [-0.39, 0.29) is 4.75 Å². The zero-order valence-electron chi connectivity index (χ0n) is 13.2. The van der Waals surface area contributed by atoms with Gasteiger partial charge in [0.15, 0.2) is 5.96 Å². The van der Waals surface area contributed by atoms with Crippen LogP contribution in [0.1, 0.15) is 47.5 Å². The van der Waals surface area contributed by atoms with Crippen molar-refractivity contribution in [3.63, 3.8) is 0 Å². The third-order valence-electron chi connectivity index (χ3n) is 2.85. The summed E-state index contributed by atoms with van der Waals surface area (Å²) in [6.45, 7) is 13.2. The highest BCUT2D eigenvalue weighted by Gasteiger charge is 2.16. The van der Waals surface area contributed by atoms with E-state index >= 15 is 0 Å². The van der Waals surface area contributed by atoms with E-state index < -0.39 is 0 Å². The largest absolute Gasteiger partial charge is 0.356 e. The standard InChI is InChI=1S/C14H31N3S/c1-13(2,3)9-8-10-16-12(15-6)17-11-14(4,5)18-7/h8-11H2,1-7H3,(H2,15,16,17). The third kappa shape index (κ3) is 9.63. The SMILES string of the molecule is CN=C(NCCCC(C)(C)C)NCC(C)(C)SC. The number of nitrogens with one attached hydrogen (secondary N) is 2. The smallest absolute Gasteiger partial charge is 0.191 e. The van der Waals surface area contributed by atoms with Crippen LogP contribution in [0.3, 0.4) is 0 Å². The van der Waals surface area contributed by atoms with E-state index in [1.165, 1.54) is 12.8 Å². The predicted molar refractivity (Wildman–Crippen MR) is 85.6 cm³/mol. The minimum Gasteiger partial charge on any atom is -0.356 e. The Labute approximate surface area is 118 Å². The molecule has 0 fully saturated rings. The van der Waals surface area contributed by atoms with E-state index in [4.69, 9.17) is 0 Å². The molecule has 2 N–H and O–H groups in total. The van der Waals surface area contributed by atoms with Gasteiger partial charge in [-0.15, -0.1) is 0 Å². The summed E-state index contributed by atoms with van der Waals surface area (Å²) < 4.78 is 0.239. The van der Waals surface area contributed by atoms with Crippen LogP contribution in [0.4, 0.5) is 0 Å². The zero-order valence-corrected chi connectivity index (χ0v) is 14.0. The van der Waals surface area contributed by atoms with Gasteiger partial charge >= 0.3 is 0 Å². The van der Waals surface area contributed by atoms with Crippen molar-refractivity contribution in [3.05, 3.63) is 0 Å². The molecule has 0 aromatic rings. The van der Waals surface area contributed by atoms with Crippen LogP contribution >= 0.6 is 11.8 Å². The normalized spacial score (nSPS) is 13.6. The Bertz CT molecular complexity index is 254. The van der Waals surface area contributed by atoms with Crippen molar-refractivity contribution >= 4 is 17.7 Å². The van der Waals surface area contributed by atoms with Crippen LogP contribution in [0.25, 0.3) is 0 Å². The molecule has 0 rings (SSSR count). The predicted octanol–water partition coefficient (Wildman–Crippen LogP) is 3.12. The lowest BCUT2D eigenvalue weighted by molar-refractivity contribution is 0.365. The van der Waals surface area contributed by atoms with Crippen molar-refractivity contribution in [3.8, 4) is 0 Å². The van der Waals surface area contributed by atoms with E-state index in [2.05, 4.69) is 56.5 Å². The molecular weight excluding hydrogens is 242 g/mol. The minimum atomic E-state index is 0.239. The summed E-state index contributed by atoms with van der Waals surface area (Å²) in [5, 5.41) is 6.74. The highest BCUT2D eigenvalue weighted by atomic mass is 32.2. The molecule has 0 aliphatic heterocycles. The molecule has 4 heteroatoms. The molecule has 0 unspecified atom stereocenters. The molecule has 0 aliphatic rings. The first kappa shape index (κ1) is 17.6. The molecule has 0 amide bonds. The van der Waals surface area contributed by atoms with E-state index in [9.17, 15) is 0 Å². The molecule has 0 saturated heterocycles. The monoisotopic (exact) mass is 273 g/mol. The van der Waals surface area contributed by atoms with E-state index in [1.54, 1.807) is 0 Å². The number of nitrogens with zero attached hydrogens (tertiary/aromatic N) is 1. The molecule has 0 radical (unpaired) electrons. The van der Waals surface area contributed by atoms with Crippen molar-refractivity contribution in [2.45, 2.75) is 52.2 Å². The van der Waals surface area contributed by atoms with Gasteiger partial charge in [-0.05, 0) is 38.4 Å². The number of rotatable bonds is 6. The summed E-state index contributed by atoms with van der Waals surface area (Å²) in [7, 11) is 1.82. The van der Waals surface area contributed by atoms with Crippen LogP contribution < -0.4 is 10.6 Å². The van der Waals surface area contributed by atoms with Crippen LogP contribution in [0, 0.1) is 5.41 Å². The van der Waals surface area contributed by atoms with E-state index in [0.717, 1.165) is 19.0 Å². The Morgan fingerprint density at radius 2 is 1.72 bits per heavy atom. The molecule has 0 saturated carbocycles. The Kier molecular flexibility index (Phi) is 7.76. The third-order valence-corrected chi connectivity index (χ3v) is 4.10. The average molecular weight is 273 g/mol. The topological polar surface area (TPSA) is 36.4 Å². The zero-order chi connectivity index (χ0) is 14.2. The molecule has 108 valence electrons. The first-order valence-electron chi connectivity index (χ1n) is 6.70. The maximum absolute atomic E-state index is 4.24. The van der Waals surface area contributed by atoms with Crippen LogP contribution in [-0.2, 0) is 0 Å². The van der Waals surface area contributed by atoms with Gasteiger partial charge in [0.05, 0.1) is 0 Å². The van der Waals surface area contributed by atoms with Crippen molar-refractivity contribution < 1.29 is 0 Å². The van der Waals surface area contributed by atoms with Gasteiger partial charge in [-0.1, -0.05) is 20.8 Å². The quantitative estimate of drug-likeness (QED) is 0.443. The summed E-state index contributed by atoms with van der Waals surface area (Å²) in [5.41, 5.74) is 0.416. The molecule has 0 atom stereocenters. The van der Waals surface area contributed by atoms with Crippen LogP contribution in [-0.4, -0.2) is 37.1 Å². The first-order valence-corrected chi connectivity index (χ1v) is 7.92. The van der Waals surface area contributed by atoms with Crippen molar-refractivity contribution in [2.75, 3.05) is 26.4 Å². The van der Waals surface area contributed by atoms with Crippen molar-refractivity contribution in [1.29, 1.82) is 0 Å². The molecule has 0 heterocycles. The van der Waals surface area contributed by atoms with Gasteiger partial charge in [0.1, 0.15) is 0 Å². The lowest BCUT2D eigenvalue weighted by Crippen LogP contribution is -2.43. The maximum Gasteiger partial charge on any atom is 0.191 e. The summed E-state index contributed by atoms with van der Waals surface area (Å²) in [6.07, 6.45) is 4.55. The lowest BCUT2D eigenvalue weighted by atomic mass is 9.91. The van der Waals surface area contributed by atoms with Gasteiger partial charge in [0, 0.05) is 24.9 Å². The second-order valence-electron chi connectivity index (χ2n) is 6.48. The molecule has 0 aromatic heterocycles. The fraction of sp³-hybridized carbons (Fsp3) is 0.929. The molecular formula is C14H31N3S. The number of thioether (sulfide) groups is 1.